The highest BCUT2D eigenvalue weighted by molar-refractivity contribution is 7.99. The number of aliphatic imine (C=N–C) groups is 1. The van der Waals surface area contributed by atoms with Crippen molar-refractivity contribution in [3.05, 3.63) is 11.6 Å². The average Bonchev–Trinajstić information content (AvgIpc) is 3.18. The zero-order chi connectivity index (χ0) is 17.2. The Kier molecular flexibility index (Phi) is 5.34. The monoisotopic (exact) mass is 351 g/mol. The van der Waals surface area contributed by atoms with Crippen LogP contribution in [-0.4, -0.2) is 70.4 Å². The lowest BCUT2D eigenvalue weighted by molar-refractivity contribution is 0.182. The van der Waals surface area contributed by atoms with Crippen LogP contribution in [-0.2, 0) is 6.54 Å². The lowest BCUT2D eigenvalue weighted by atomic mass is 9.97. The van der Waals surface area contributed by atoms with Gasteiger partial charge in [0.25, 0.3) is 0 Å². The molecule has 0 spiro atoms. The Bertz CT molecular complexity index is 589. The molecule has 2 atom stereocenters. The number of hydrogen-bond donors (Lipinski definition) is 2. The van der Waals surface area contributed by atoms with Crippen LogP contribution >= 0.6 is 11.8 Å². The van der Waals surface area contributed by atoms with Gasteiger partial charge in [0, 0.05) is 31.4 Å². The van der Waals surface area contributed by atoms with Gasteiger partial charge in [-0.15, -0.1) is 0 Å². The highest BCUT2D eigenvalue weighted by atomic mass is 32.2. The minimum absolute atomic E-state index is 0.180. The van der Waals surface area contributed by atoms with Gasteiger partial charge in [-0.1, -0.05) is 0 Å². The molecule has 1 saturated heterocycles. The van der Waals surface area contributed by atoms with Gasteiger partial charge in [0.1, 0.15) is 11.6 Å². The average molecular weight is 352 g/mol. The van der Waals surface area contributed by atoms with Crippen molar-refractivity contribution < 1.29 is 0 Å². The van der Waals surface area contributed by atoms with Gasteiger partial charge < -0.3 is 15.5 Å². The molecule has 8 heteroatoms. The number of fused-ring (bicyclic) bond motifs is 1. The summed E-state index contributed by atoms with van der Waals surface area (Å²) in [4.78, 5) is 11.4. The van der Waals surface area contributed by atoms with Crippen molar-refractivity contribution in [1.82, 2.24) is 30.3 Å². The maximum Gasteiger partial charge on any atom is 0.191 e. The lowest BCUT2D eigenvalue weighted by Crippen LogP contribution is -2.55. The molecule has 2 aliphatic rings. The summed E-state index contributed by atoms with van der Waals surface area (Å²) in [6, 6.07) is 0.180. The molecule has 3 heterocycles. The Morgan fingerprint density at radius 1 is 1.50 bits per heavy atom. The van der Waals surface area contributed by atoms with E-state index in [-0.39, 0.29) is 11.6 Å². The molecule has 3 rings (SSSR count). The van der Waals surface area contributed by atoms with Crippen molar-refractivity contribution in [3.63, 3.8) is 0 Å². The third-order valence-electron chi connectivity index (χ3n) is 5.13. The van der Waals surface area contributed by atoms with Crippen molar-refractivity contribution in [2.75, 3.05) is 39.2 Å². The van der Waals surface area contributed by atoms with E-state index >= 15 is 0 Å². The summed E-state index contributed by atoms with van der Waals surface area (Å²) in [6.45, 7) is 3.82. The highest BCUT2D eigenvalue weighted by Crippen LogP contribution is 2.31. The number of aromatic nitrogens is 3. The van der Waals surface area contributed by atoms with Gasteiger partial charge in [0.15, 0.2) is 5.96 Å². The fourth-order valence-corrected chi connectivity index (χ4v) is 5.01. The van der Waals surface area contributed by atoms with E-state index in [9.17, 15) is 0 Å². The second-order valence-corrected chi connectivity index (χ2v) is 8.03. The zero-order valence-corrected chi connectivity index (χ0v) is 16.0. The van der Waals surface area contributed by atoms with Crippen LogP contribution in [0.1, 0.15) is 37.0 Å². The number of nitrogens with zero attached hydrogens (tertiary/aromatic N) is 5. The molecule has 1 aromatic rings. The molecule has 1 aromatic heterocycles. The van der Waals surface area contributed by atoms with E-state index in [1.807, 2.05) is 30.4 Å². The van der Waals surface area contributed by atoms with Gasteiger partial charge >= 0.3 is 0 Å². The summed E-state index contributed by atoms with van der Waals surface area (Å²) in [6.07, 6.45) is 3.39. The molecule has 2 N–H and O–H groups in total. The number of rotatable bonds is 4. The largest absolute Gasteiger partial charge is 0.355 e. The molecule has 2 aliphatic heterocycles. The number of thioether (sulfide) groups is 1. The predicted octanol–water partition coefficient (Wildman–Crippen LogP) is 1.02. The van der Waals surface area contributed by atoms with Crippen LogP contribution in [0.5, 0.6) is 0 Å². The van der Waals surface area contributed by atoms with Crippen LogP contribution in [0.4, 0.5) is 0 Å². The summed E-state index contributed by atoms with van der Waals surface area (Å²) >= 11 is 2.03. The molecule has 0 aromatic carbocycles. The summed E-state index contributed by atoms with van der Waals surface area (Å²) in [5.41, 5.74) is 0.214. The van der Waals surface area contributed by atoms with Gasteiger partial charge in [-0.3, -0.25) is 4.99 Å². The van der Waals surface area contributed by atoms with Crippen LogP contribution in [0.2, 0.25) is 0 Å². The SMILES string of the molecule is CN=C(NCC1(N(C)C)CCSC1)NC1CCCn2nc(C)nc21. The topological polar surface area (TPSA) is 70.4 Å². The molecule has 134 valence electrons. The predicted molar refractivity (Wildman–Crippen MR) is 99.6 cm³/mol. The Balaban J connectivity index is 1.64. The second-order valence-electron chi connectivity index (χ2n) is 6.93. The standard InChI is InChI=1S/C16H29N7S/c1-12-19-14-13(6-5-8-23(14)21-12)20-15(17-2)18-10-16(22(3)4)7-9-24-11-16/h13H,5-11H2,1-4H3,(H2,17,18,20). The van der Waals surface area contributed by atoms with Crippen LogP contribution in [0.25, 0.3) is 0 Å². The summed E-state index contributed by atoms with van der Waals surface area (Å²) in [5.74, 6) is 5.13. The number of hydrogen-bond acceptors (Lipinski definition) is 5. The Labute approximate surface area is 148 Å². The zero-order valence-electron chi connectivity index (χ0n) is 15.2. The van der Waals surface area contributed by atoms with Crippen molar-refractivity contribution >= 4 is 17.7 Å². The summed E-state index contributed by atoms with van der Waals surface area (Å²) < 4.78 is 2.03. The Morgan fingerprint density at radius 2 is 2.33 bits per heavy atom. The number of aryl methyl sites for hydroxylation is 2. The van der Waals surface area contributed by atoms with E-state index in [2.05, 4.69) is 44.7 Å². The van der Waals surface area contributed by atoms with E-state index < -0.39 is 0 Å². The molecule has 24 heavy (non-hydrogen) atoms. The van der Waals surface area contributed by atoms with Crippen molar-refractivity contribution in [3.8, 4) is 0 Å². The maximum absolute atomic E-state index is 4.59. The van der Waals surface area contributed by atoms with Crippen LogP contribution < -0.4 is 10.6 Å². The van der Waals surface area contributed by atoms with Crippen LogP contribution in [0.3, 0.4) is 0 Å². The number of guanidine groups is 1. The van der Waals surface area contributed by atoms with Crippen LogP contribution in [0, 0.1) is 6.92 Å². The fraction of sp³-hybridized carbons (Fsp3) is 0.812. The minimum atomic E-state index is 0.180. The molecule has 2 unspecified atom stereocenters. The van der Waals surface area contributed by atoms with E-state index in [4.69, 9.17) is 0 Å². The normalized spacial score (nSPS) is 27.4. The van der Waals surface area contributed by atoms with E-state index in [0.29, 0.717) is 0 Å². The summed E-state index contributed by atoms with van der Waals surface area (Å²) in [5, 5.41) is 11.6. The summed E-state index contributed by atoms with van der Waals surface area (Å²) in [7, 11) is 6.19. The number of nitrogens with one attached hydrogen (secondary N) is 2. The first kappa shape index (κ1) is 17.5. The van der Waals surface area contributed by atoms with Gasteiger partial charge in [-0.25, -0.2) is 9.67 Å². The molecule has 7 nitrogen and oxygen atoms in total. The molecule has 0 radical (unpaired) electrons. The molecular formula is C16H29N7S. The lowest BCUT2D eigenvalue weighted by Gasteiger charge is -2.36. The smallest absolute Gasteiger partial charge is 0.191 e. The highest BCUT2D eigenvalue weighted by Gasteiger charge is 2.36. The number of likely N-dealkylation sites (N-methyl/N-ethyl adjacent to an activating group) is 1. The molecule has 0 amide bonds. The Hall–Kier alpha value is -1.28. The molecule has 1 fully saturated rings. The van der Waals surface area contributed by atoms with E-state index in [1.165, 1.54) is 17.9 Å². The second kappa shape index (κ2) is 7.31. The van der Waals surface area contributed by atoms with Crippen molar-refractivity contribution in [1.29, 1.82) is 0 Å². The van der Waals surface area contributed by atoms with E-state index in [1.54, 1.807) is 0 Å². The maximum atomic E-state index is 4.59. The van der Waals surface area contributed by atoms with Crippen LogP contribution in [0.15, 0.2) is 4.99 Å². The molecular weight excluding hydrogens is 322 g/mol. The minimum Gasteiger partial charge on any atom is -0.355 e. The fourth-order valence-electron chi connectivity index (χ4n) is 3.46. The Morgan fingerprint density at radius 3 is 3.00 bits per heavy atom. The first-order chi connectivity index (χ1) is 11.5. The first-order valence-corrected chi connectivity index (χ1v) is 9.83. The third kappa shape index (κ3) is 3.54. The molecule has 0 saturated carbocycles. The van der Waals surface area contributed by atoms with Gasteiger partial charge in [0.05, 0.1) is 6.04 Å². The van der Waals surface area contributed by atoms with Gasteiger partial charge in [-0.05, 0) is 46.0 Å². The molecule has 0 bridgehead atoms. The van der Waals surface area contributed by atoms with Crippen molar-refractivity contribution in [2.45, 2.75) is 44.3 Å². The van der Waals surface area contributed by atoms with Crippen molar-refractivity contribution in [2.24, 2.45) is 4.99 Å². The van der Waals surface area contributed by atoms with E-state index in [0.717, 1.165) is 43.5 Å². The molecule has 0 aliphatic carbocycles. The third-order valence-corrected chi connectivity index (χ3v) is 6.37. The van der Waals surface area contributed by atoms with Gasteiger partial charge in [0.2, 0.25) is 0 Å². The van der Waals surface area contributed by atoms with Gasteiger partial charge in [-0.2, -0.15) is 16.9 Å². The quantitative estimate of drug-likeness (QED) is 0.624. The first-order valence-electron chi connectivity index (χ1n) is 8.68.